The molecule has 3 atom stereocenters. The Kier molecular flexibility index (Phi) is 8.37. The van der Waals surface area contributed by atoms with E-state index in [1.165, 1.54) is 0 Å². The van der Waals surface area contributed by atoms with Crippen molar-refractivity contribution in [1.82, 2.24) is 30.3 Å². The Morgan fingerprint density at radius 2 is 1.95 bits per heavy atom. The lowest BCUT2D eigenvalue weighted by Gasteiger charge is -2.51. The number of hydrogen-bond donors (Lipinski definition) is 2. The number of ether oxygens (including phenoxy) is 4. The number of methoxy groups -OCH3 is 2. The van der Waals surface area contributed by atoms with Crippen LogP contribution in [0.4, 0.5) is 5.95 Å². The van der Waals surface area contributed by atoms with E-state index in [9.17, 15) is 0 Å². The summed E-state index contributed by atoms with van der Waals surface area (Å²) in [6.07, 6.45) is 9.56. The molecule has 216 valence electrons. The molecule has 1 unspecified atom stereocenters. The largest absolute Gasteiger partial charge is 0.467 e. The number of rotatable bonds is 9. The Morgan fingerprint density at radius 1 is 1.10 bits per heavy atom. The third-order valence-electron chi connectivity index (χ3n) is 7.57. The van der Waals surface area contributed by atoms with E-state index in [2.05, 4.69) is 58.6 Å². The molecule has 11 nitrogen and oxygen atoms in total. The van der Waals surface area contributed by atoms with Crippen LogP contribution in [0.5, 0.6) is 5.75 Å². The first kappa shape index (κ1) is 28.4. The van der Waals surface area contributed by atoms with Gasteiger partial charge in [-0.25, -0.2) is 9.67 Å². The Hall–Kier alpha value is -3.12. The van der Waals surface area contributed by atoms with E-state index < -0.39 is 0 Å². The van der Waals surface area contributed by atoms with E-state index in [1.54, 1.807) is 20.4 Å². The zero-order valence-corrected chi connectivity index (χ0v) is 24.3. The monoisotopic (exact) mass is 551 g/mol. The van der Waals surface area contributed by atoms with Gasteiger partial charge in [0.25, 0.3) is 0 Å². The van der Waals surface area contributed by atoms with E-state index in [4.69, 9.17) is 18.9 Å². The number of aromatic nitrogens is 5. The Labute approximate surface area is 236 Å². The molecule has 2 aliphatic heterocycles. The molecule has 0 aliphatic carbocycles. The molecule has 11 heteroatoms. The summed E-state index contributed by atoms with van der Waals surface area (Å²) in [6.45, 7) is 9.56. The molecule has 0 bridgehead atoms. The maximum absolute atomic E-state index is 5.94. The predicted molar refractivity (Wildman–Crippen MR) is 152 cm³/mol. The van der Waals surface area contributed by atoms with Gasteiger partial charge in [-0.15, -0.1) is 10.2 Å². The summed E-state index contributed by atoms with van der Waals surface area (Å²) in [4.78, 5) is 4.60. The van der Waals surface area contributed by atoms with E-state index in [1.807, 2.05) is 35.3 Å². The molecule has 1 aromatic carbocycles. The highest BCUT2D eigenvalue weighted by molar-refractivity contribution is 5.74. The van der Waals surface area contributed by atoms with Gasteiger partial charge in [0.1, 0.15) is 17.7 Å². The van der Waals surface area contributed by atoms with Gasteiger partial charge in [0.15, 0.2) is 6.79 Å². The Balaban J connectivity index is 1.36. The van der Waals surface area contributed by atoms with Crippen molar-refractivity contribution in [2.45, 2.75) is 82.8 Å². The quantitative estimate of drug-likeness (QED) is 0.370. The predicted octanol–water partition coefficient (Wildman–Crippen LogP) is 4.43. The van der Waals surface area contributed by atoms with Crippen molar-refractivity contribution >= 4 is 5.95 Å². The van der Waals surface area contributed by atoms with E-state index in [0.29, 0.717) is 17.4 Å². The van der Waals surface area contributed by atoms with Crippen LogP contribution in [-0.4, -0.2) is 75.8 Å². The molecule has 40 heavy (non-hydrogen) atoms. The molecule has 0 amide bonds. The van der Waals surface area contributed by atoms with Crippen LogP contribution in [0.3, 0.4) is 0 Å². The van der Waals surface area contributed by atoms with Gasteiger partial charge < -0.3 is 29.6 Å². The number of benzene rings is 1. The highest BCUT2D eigenvalue weighted by Crippen LogP contribution is 2.35. The molecule has 2 N–H and O–H groups in total. The summed E-state index contributed by atoms with van der Waals surface area (Å²) in [5.74, 6) is 1.08. The fourth-order valence-corrected chi connectivity index (χ4v) is 6.10. The fourth-order valence-electron chi connectivity index (χ4n) is 6.10. The van der Waals surface area contributed by atoms with Gasteiger partial charge in [0.05, 0.1) is 24.5 Å². The average Bonchev–Trinajstić information content (AvgIpc) is 3.42. The van der Waals surface area contributed by atoms with Gasteiger partial charge in [-0.05, 0) is 71.1 Å². The second-order valence-corrected chi connectivity index (χ2v) is 11.8. The molecule has 2 aliphatic rings. The molecular weight excluding hydrogens is 510 g/mol. The van der Waals surface area contributed by atoms with Crippen molar-refractivity contribution in [3.8, 4) is 28.1 Å². The minimum atomic E-state index is -0.225. The summed E-state index contributed by atoms with van der Waals surface area (Å²) in [7, 11) is 3.33. The van der Waals surface area contributed by atoms with Gasteiger partial charge in [0.2, 0.25) is 5.95 Å². The number of hydrogen-bond acceptors (Lipinski definition) is 10. The highest BCUT2D eigenvalue weighted by Gasteiger charge is 2.46. The smallest absolute Gasteiger partial charge is 0.243 e. The molecule has 4 heterocycles. The molecule has 2 saturated heterocycles. The maximum Gasteiger partial charge on any atom is 0.243 e. The van der Waals surface area contributed by atoms with Gasteiger partial charge in [0, 0.05) is 49.2 Å². The number of nitrogens with one attached hydrogen (secondary N) is 2. The third-order valence-corrected chi connectivity index (χ3v) is 7.57. The van der Waals surface area contributed by atoms with Crippen LogP contribution < -0.4 is 15.4 Å². The first-order valence-electron chi connectivity index (χ1n) is 13.9. The average molecular weight is 552 g/mol. The van der Waals surface area contributed by atoms with Crippen LogP contribution in [0.2, 0.25) is 0 Å². The third kappa shape index (κ3) is 6.27. The first-order chi connectivity index (χ1) is 19.2. The molecule has 5 rings (SSSR count). The van der Waals surface area contributed by atoms with Crippen molar-refractivity contribution in [1.29, 1.82) is 0 Å². The molecule has 2 fully saturated rings. The minimum absolute atomic E-state index is 0.0133. The summed E-state index contributed by atoms with van der Waals surface area (Å²) < 4.78 is 24.8. The molecular formula is C29H41N7O4. The van der Waals surface area contributed by atoms with E-state index in [-0.39, 0.29) is 36.2 Å². The lowest BCUT2D eigenvalue weighted by molar-refractivity contribution is -0.0394. The molecule has 0 radical (unpaired) electrons. The zero-order valence-electron chi connectivity index (χ0n) is 24.3. The standard InChI is InChI=1S/C29H41N7O4/c1-28(2)14-22(26(38-6)29(3,4)35-28)32-27-30-16-23(33-34-27)21-11-10-19(13-24(21)40-18-37-5)20-15-31-36(17-20)25-9-7-8-12-39-25/h10-11,13,15-17,22,25-26,35H,7-9,12,14,18H2,1-6H3,(H,30,32,34)/t22-,25?,26-/m0/s1. The second kappa shape index (κ2) is 11.8. The van der Waals surface area contributed by atoms with E-state index >= 15 is 0 Å². The zero-order chi connectivity index (χ0) is 28.3. The van der Waals surface area contributed by atoms with Crippen molar-refractivity contribution in [3.05, 3.63) is 36.8 Å². The number of piperidine rings is 1. The van der Waals surface area contributed by atoms with Crippen LogP contribution in [0, 0.1) is 0 Å². The number of anilines is 1. The van der Waals surface area contributed by atoms with Crippen molar-refractivity contribution in [3.63, 3.8) is 0 Å². The van der Waals surface area contributed by atoms with Crippen LogP contribution >= 0.6 is 0 Å². The van der Waals surface area contributed by atoms with Gasteiger partial charge in [-0.1, -0.05) is 6.07 Å². The summed E-state index contributed by atoms with van der Waals surface area (Å²) in [5, 5.41) is 20.6. The first-order valence-corrected chi connectivity index (χ1v) is 13.9. The topological polar surface area (TPSA) is 117 Å². The molecule has 2 aromatic heterocycles. The van der Waals surface area contributed by atoms with E-state index in [0.717, 1.165) is 49.0 Å². The Bertz CT molecular complexity index is 1270. The van der Waals surface area contributed by atoms with Gasteiger partial charge >= 0.3 is 0 Å². The van der Waals surface area contributed by atoms with Crippen molar-refractivity contribution in [2.75, 3.05) is 32.9 Å². The fraction of sp³-hybridized carbons (Fsp3) is 0.586. The van der Waals surface area contributed by atoms with Crippen molar-refractivity contribution < 1.29 is 18.9 Å². The van der Waals surface area contributed by atoms with Crippen molar-refractivity contribution in [2.24, 2.45) is 0 Å². The molecule has 0 spiro atoms. The van der Waals surface area contributed by atoms with Gasteiger partial charge in [-0.3, -0.25) is 0 Å². The molecule has 3 aromatic rings. The lowest BCUT2D eigenvalue weighted by atomic mass is 9.77. The van der Waals surface area contributed by atoms with Crippen LogP contribution in [-0.2, 0) is 14.2 Å². The highest BCUT2D eigenvalue weighted by atomic mass is 16.7. The lowest BCUT2D eigenvalue weighted by Crippen LogP contribution is -2.69. The normalized spacial score (nSPS) is 24.0. The van der Waals surface area contributed by atoms with Gasteiger partial charge in [-0.2, -0.15) is 5.10 Å². The number of nitrogens with zero attached hydrogens (tertiary/aromatic N) is 5. The summed E-state index contributed by atoms with van der Waals surface area (Å²) in [6, 6.07) is 5.97. The minimum Gasteiger partial charge on any atom is -0.467 e. The molecule has 0 saturated carbocycles. The SMILES string of the molecule is COCOc1cc(-c2cnn(C3CCCCO3)c2)ccc1-c1cnc(N[C@H]2CC(C)(C)NC(C)(C)[C@H]2OC)nn1. The summed E-state index contributed by atoms with van der Waals surface area (Å²) >= 11 is 0. The Morgan fingerprint density at radius 3 is 2.65 bits per heavy atom. The second-order valence-electron chi connectivity index (χ2n) is 11.8. The van der Waals surface area contributed by atoms with Crippen LogP contribution in [0.25, 0.3) is 22.4 Å². The van der Waals surface area contributed by atoms with Crippen LogP contribution in [0.1, 0.15) is 59.6 Å². The van der Waals surface area contributed by atoms with Crippen LogP contribution in [0.15, 0.2) is 36.8 Å². The summed E-state index contributed by atoms with van der Waals surface area (Å²) in [5.41, 5.74) is 3.03. The maximum atomic E-state index is 5.94.